The summed E-state index contributed by atoms with van der Waals surface area (Å²) in [5.74, 6) is -0.356. The van der Waals surface area contributed by atoms with E-state index in [1.807, 2.05) is 0 Å². The lowest BCUT2D eigenvalue weighted by Gasteiger charge is -2.26. The minimum Gasteiger partial charge on any atom is -0.350 e. The first-order valence-electron chi connectivity index (χ1n) is 8.73. The first-order valence-corrected chi connectivity index (χ1v) is 9.49. The van der Waals surface area contributed by atoms with Crippen LogP contribution in [0.2, 0.25) is 10.0 Å². The van der Waals surface area contributed by atoms with Gasteiger partial charge in [0, 0.05) is 34.7 Å². The largest absolute Gasteiger partial charge is 0.350 e. The van der Waals surface area contributed by atoms with Gasteiger partial charge in [0.1, 0.15) is 6.04 Å². The second-order valence-electron chi connectivity index (χ2n) is 6.40. The Morgan fingerprint density at radius 3 is 2.60 bits per heavy atom. The Balaban J connectivity index is 2.08. The zero-order valence-electron chi connectivity index (χ0n) is 14.4. The highest BCUT2D eigenvalue weighted by molar-refractivity contribution is 6.35. The van der Waals surface area contributed by atoms with Crippen molar-refractivity contribution in [2.45, 2.75) is 51.1 Å². The Morgan fingerprint density at radius 1 is 1.32 bits per heavy atom. The lowest BCUT2D eigenvalue weighted by atomic mass is 10.1. The van der Waals surface area contributed by atoms with Crippen molar-refractivity contribution in [3.63, 3.8) is 0 Å². The molecular formula is C18H25Cl2N3O2. The van der Waals surface area contributed by atoms with Crippen LogP contribution in [0.15, 0.2) is 18.2 Å². The molecule has 0 saturated carbocycles. The molecule has 0 radical (unpaired) electrons. The Hall–Kier alpha value is -1.30. The first kappa shape index (κ1) is 20.0. The number of nitrogens with one attached hydrogen (secondary N) is 1. The molecule has 5 nitrogen and oxygen atoms in total. The van der Waals surface area contributed by atoms with Crippen LogP contribution < -0.4 is 11.1 Å². The fourth-order valence-corrected chi connectivity index (χ4v) is 3.65. The normalized spacial score (nSPS) is 18.2. The van der Waals surface area contributed by atoms with Crippen molar-refractivity contribution in [1.82, 2.24) is 10.2 Å². The molecule has 0 aromatic heterocycles. The minimum absolute atomic E-state index is 0.0504. The minimum atomic E-state index is -0.471. The predicted octanol–water partition coefficient (Wildman–Crippen LogP) is 3.23. The van der Waals surface area contributed by atoms with Crippen molar-refractivity contribution in [1.29, 1.82) is 0 Å². The van der Waals surface area contributed by atoms with Crippen molar-refractivity contribution >= 4 is 35.0 Å². The zero-order chi connectivity index (χ0) is 18.4. The van der Waals surface area contributed by atoms with E-state index < -0.39 is 6.04 Å². The molecule has 0 spiro atoms. The molecule has 25 heavy (non-hydrogen) atoms. The molecular weight excluding hydrogens is 361 g/mol. The molecule has 0 bridgehead atoms. The topological polar surface area (TPSA) is 75.4 Å². The number of rotatable bonds is 7. The number of nitrogens with zero attached hydrogens (tertiary/aromatic N) is 1. The number of carbonyl (C=O) groups excluding carboxylic acids is 2. The molecule has 3 N–H and O–H groups in total. The van der Waals surface area contributed by atoms with Crippen LogP contribution in [-0.4, -0.2) is 41.9 Å². The van der Waals surface area contributed by atoms with Crippen LogP contribution >= 0.6 is 23.2 Å². The average Bonchev–Trinajstić information content (AvgIpc) is 3.06. The SMILES string of the molecule is CCCCC(CN)NC(=O)C1CCCN1C(=O)c1cc(Cl)cc(Cl)c1. The molecule has 2 atom stereocenters. The van der Waals surface area contributed by atoms with E-state index in [2.05, 4.69) is 12.2 Å². The van der Waals surface area contributed by atoms with E-state index in [1.54, 1.807) is 23.1 Å². The molecule has 1 saturated heterocycles. The Morgan fingerprint density at radius 2 is 2.00 bits per heavy atom. The third kappa shape index (κ3) is 5.33. The summed E-state index contributed by atoms with van der Waals surface area (Å²) in [5, 5.41) is 3.80. The highest BCUT2D eigenvalue weighted by Crippen LogP contribution is 2.24. The Bertz CT molecular complexity index is 604. The van der Waals surface area contributed by atoms with Gasteiger partial charge in [0.2, 0.25) is 5.91 Å². The second-order valence-corrected chi connectivity index (χ2v) is 7.27. The number of carbonyl (C=O) groups is 2. The van der Waals surface area contributed by atoms with Crippen LogP contribution in [0.3, 0.4) is 0 Å². The van der Waals surface area contributed by atoms with Gasteiger partial charge in [-0.05, 0) is 37.5 Å². The molecule has 138 valence electrons. The van der Waals surface area contributed by atoms with Gasteiger partial charge < -0.3 is 16.0 Å². The summed E-state index contributed by atoms with van der Waals surface area (Å²) in [4.78, 5) is 27.0. The summed E-state index contributed by atoms with van der Waals surface area (Å²) >= 11 is 12.0. The van der Waals surface area contributed by atoms with E-state index in [-0.39, 0.29) is 17.9 Å². The first-order chi connectivity index (χ1) is 12.0. The lowest BCUT2D eigenvalue weighted by Crippen LogP contribution is -2.50. The summed E-state index contributed by atoms with van der Waals surface area (Å²) < 4.78 is 0. The van der Waals surface area contributed by atoms with Gasteiger partial charge in [0.15, 0.2) is 0 Å². The zero-order valence-corrected chi connectivity index (χ0v) is 15.9. The molecule has 1 aromatic rings. The fraction of sp³-hybridized carbons (Fsp3) is 0.556. The van der Waals surface area contributed by atoms with Crippen molar-refractivity contribution in [3.8, 4) is 0 Å². The van der Waals surface area contributed by atoms with E-state index in [0.717, 1.165) is 25.7 Å². The number of benzene rings is 1. The molecule has 2 rings (SSSR count). The van der Waals surface area contributed by atoms with Crippen molar-refractivity contribution in [3.05, 3.63) is 33.8 Å². The van der Waals surface area contributed by atoms with E-state index in [4.69, 9.17) is 28.9 Å². The number of likely N-dealkylation sites (tertiary alicyclic amines) is 1. The number of hydrogen-bond donors (Lipinski definition) is 2. The maximum absolute atomic E-state index is 12.8. The average molecular weight is 386 g/mol. The van der Waals surface area contributed by atoms with E-state index in [1.165, 1.54) is 0 Å². The molecule has 1 aromatic carbocycles. The maximum Gasteiger partial charge on any atom is 0.254 e. The maximum atomic E-state index is 12.8. The second kappa shape index (κ2) is 9.41. The van der Waals surface area contributed by atoms with Crippen molar-refractivity contribution < 1.29 is 9.59 Å². The van der Waals surface area contributed by atoms with Gasteiger partial charge in [-0.3, -0.25) is 9.59 Å². The fourth-order valence-electron chi connectivity index (χ4n) is 3.12. The van der Waals surface area contributed by atoms with Gasteiger partial charge >= 0.3 is 0 Å². The number of unbranched alkanes of at least 4 members (excludes halogenated alkanes) is 1. The Kier molecular flexibility index (Phi) is 7.54. The Labute approximate surface area is 158 Å². The molecule has 1 aliphatic heterocycles. The molecule has 7 heteroatoms. The van der Waals surface area contributed by atoms with Gasteiger partial charge in [-0.25, -0.2) is 0 Å². The van der Waals surface area contributed by atoms with Gasteiger partial charge in [0.25, 0.3) is 5.91 Å². The molecule has 1 aliphatic rings. The van der Waals surface area contributed by atoms with Crippen LogP contribution in [0.5, 0.6) is 0 Å². The third-order valence-electron chi connectivity index (χ3n) is 4.46. The summed E-state index contributed by atoms with van der Waals surface area (Å²) in [6, 6.07) is 4.21. The molecule has 1 heterocycles. The van der Waals surface area contributed by atoms with Crippen molar-refractivity contribution in [2.24, 2.45) is 5.73 Å². The lowest BCUT2D eigenvalue weighted by molar-refractivity contribution is -0.125. The summed E-state index contributed by atoms with van der Waals surface area (Å²) in [5.41, 5.74) is 6.16. The monoisotopic (exact) mass is 385 g/mol. The molecule has 0 aliphatic carbocycles. The van der Waals surface area contributed by atoms with Gasteiger partial charge in [0.05, 0.1) is 0 Å². The van der Waals surface area contributed by atoms with E-state index in [9.17, 15) is 9.59 Å². The van der Waals surface area contributed by atoms with Gasteiger partial charge in [-0.1, -0.05) is 43.0 Å². The highest BCUT2D eigenvalue weighted by Gasteiger charge is 2.35. The van der Waals surface area contributed by atoms with Crippen LogP contribution in [-0.2, 0) is 4.79 Å². The molecule has 2 amide bonds. The van der Waals surface area contributed by atoms with E-state index >= 15 is 0 Å². The summed E-state index contributed by atoms with van der Waals surface area (Å²) in [7, 11) is 0. The summed E-state index contributed by atoms with van der Waals surface area (Å²) in [6.45, 7) is 3.04. The van der Waals surface area contributed by atoms with E-state index in [0.29, 0.717) is 35.1 Å². The van der Waals surface area contributed by atoms with Gasteiger partial charge in [-0.15, -0.1) is 0 Å². The third-order valence-corrected chi connectivity index (χ3v) is 4.90. The quantitative estimate of drug-likeness (QED) is 0.756. The number of halogens is 2. The van der Waals surface area contributed by atoms with Crippen molar-refractivity contribution in [2.75, 3.05) is 13.1 Å². The van der Waals surface area contributed by atoms with Crippen LogP contribution in [0.25, 0.3) is 0 Å². The van der Waals surface area contributed by atoms with Gasteiger partial charge in [-0.2, -0.15) is 0 Å². The van der Waals surface area contributed by atoms with Crippen LogP contribution in [0.1, 0.15) is 49.4 Å². The number of amides is 2. The molecule has 1 fully saturated rings. The van der Waals surface area contributed by atoms with Crippen LogP contribution in [0.4, 0.5) is 0 Å². The van der Waals surface area contributed by atoms with Crippen LogP contribution in [0, 0.1) is 0 Å². The number of hydrogen-bond acceptors (Lipinski definition) is 3. The number of nitrogens with two attached hydrogens (primary N) is 1. The molecule has 2 unspecified atom stereocenters. The predicted molar refractivity (Wildman–Crippen MR) is 101 cm³/mol. The summed E-state index contributed by atoms with van der Waals surface area (Å²) in [6.07, 6.45) is 4.35. The standard InChI is InChI=1S/C18H25Cl2N3O2/c1-2-3-5-15(11-21)22-17(24)16-6-4-7-23(16)18(25)12-8-13(19)10-14(20)9-12/h8-10,15-16H,2-7,11,21H2,1H3,(H,22,24). The smallest absolute Gasteiger partial charge is 0.254 e. The highest BCUT2D eigenvalue weighted by atomic mass is 35.5.